The number of nitro benzene ring substituents is 1. The van der Waals surface area contributed by atoms with Crippen LogP contribution in [0.3, 0.4) is 0 Å². The molecular formula is C15H24N2O4. The topological polar surface area (TPSA) is 84.6 Å². The Morgan fingerprint density at radius 1 is 1.43 bits per heavy atom. The largest absolute Gasteiger partial charge is 0.487 e. The molecule has 1 aromatic rings. The summed E-state index contributed by atoms with van der Waals surface area (Å²) in [6, 6.07) is 5.19. The predicted octanol–water partition coefficient (Wildman–Crippen LogP) is 2.63. The zero-order chi connectivity index (χ0) is 16.0. The predicted molar refractivity (Wildman–Crippen MR) is 81.5 cm³/mol. The fourth-order valence-electron chi connectivity index (χ4n) is 1.67. The maximum atomic E-state index is 11.0. The van der Waals surface area contributed by atoms with Gasteiger partial charge in [0, 0.05) is 25.1 Å². The normalized spacial score (nSPS) is 11.7. The lowest BCUT2D eigenvalue weighted by atomic mass is 10.1. The van der Waals surface area contributed by atoms with E-state index in [0.717, 1.165) is 5.56 Å². The van der Waals surface area contributed by atoms with Crippen molar-refractivity contribution in [1.82, 2.24) is 5.32 Å². The van der Waals surface area contributed by atoms with E-state index in [2.05, 4.69) is 5.32 Å². The molecule has 0 saturated heterocycles. The Labute approximate surface area is 125 Å². The van der Waals surface area contributed by atoms with Gasteiger partial charge in [0.05, 0.1) is 17.1 Å². The molecule has 0 saturated carbocycles. The molecule has 2 N–H and O–H groups in total. The Bertz CT molecular complexity index is 481. The van der Waals surface area contributed by atoms with Crippen molar-refractivity contribution in [1.29, 1.82) is 0 Å². The van der Waals surface area contributed by atoms with Gasteiger partial charge in [-0.25, -0.2) is 0 Å². The molecule has 0 aliphatic rings. The summed E-state index contributed by atoms with van der Waals surface area (Å²) in [5.41, 5.74) is 0.0117. The molecule has 6 nitrogen and oxygen atoms in total. The van der Waals surface area contributed by atoms with Crippen LogP contribution in [0.5, 0.6) is 5.75 Å². The van der Waals surface area contributed by atoms with Crippen molar-refractivity contribution in [3.05, 3.63) is 33.9 Å². The Hall–Kier alpha value is -1.66. The number of benzene rings is 1. The molecule has 0 aromatic heterocycles. The number of nitrogens with zero attached hydrogens (tertiary/aromatic N) is 1. The molecule has 118 valence electrons. The van der Waals surface area contributed by atoms with Crippen LogP contribution >= 0.6 is 0 Å². The second-order valence-electron chi connectivity index (χ2n) is 6.01. The Morgan fingerprint density at radius 3 is 2.62 bits per heavy atom. The molecule has 0 unspecified atom stereocenters. The van der Waals surface area contributed by atoms with Gasteiger partial charge in [-0.05, 0) is 25.5 Å². The van der Waals surface area contributed by atoms with Gasteiger partial charge in [-0.3, -0.25) is 10.1 Å². The average molecular weight is 296 g/mol. The summed E-state index contributed by atoms with van der Waals surface area (Å²) in [5, 5.41) is 23.9. The molecule has 0 spiro atoms. The van der Waals surface area contributed by atoms with E-state index in [4.69, 9.17) is 4.74 Å². The van der Waals surface area contributed by atoms with E-state index >= 15 is 0 Å². The van der Waals surface area contributed by atoms with Crippen LogP contribution in [0.15, 0.2) is 18.2 Å². The van der Waals surface area contributed by atoms with Crippen molar-refractivity contribution in [2.75, 3.05) is 6.61 Å². The second-order valence-corrected chi connectivity index (χ2v) is 6.01. The van der Waals surface area contributed by atoms with Gasteiger partial charge in [-0.2, -0.15) is 0 Å². The highest BCUT2D eigenvalue weighted by atomic mass is 16.6. The molecule has 0 aliphatic carbocycles. The maximum Gasteiger partial charge on any atom is 0.310 e. The summed E-state index contributed by atoms with van der Waals surface area (Å²) in [6.45, 7) is 8.27. The van der Waals surface area contributed by atoms with Crippen LogP contribution in [0.4, 0.5) is 5.69 Å². The van der Waals surface area contributed by atoms with Gasteiger partial charge >= 0.3 is 5.69 Å². The van der Waals surface area contributed by atoms with E-state index in [-0.39, 0.29) is 18.0 Å². The minimum Gasteiger partial charge on any atom is -0.487 e. The monoisotopic (exact) mass is 296 g/mol. The zero-order valence-corrected chi connectivity index (χ0v) is 13.0. The van der Waals surface area contributed by atoms with Crippen molar-refractivity contribution in [2.45, 2.75) is 52.3 Å². The minimum absolute atomic E-state index is 0.0564. The number of nitro groups is 1. The third kappa shape index (κ3) is 6.55. The third-order valence-electron chi connectivity index (χ3n) is 2.91. The van der Waals surface area contributed by atoms with Crippen LogP contribution in [-0.4, -0.2) is 28.3 Å². The average Bonchev–Trinajstić information content (AvgIpc) is 2.34. The van der Waals surface area contributed by atoms with Crippen LogP contribution < -0.4 is 10.1 Å². The van der Waals surface area contributed by atoms with Crippen LogP contribution in [-0.2, 0) is 6.54 Å². The number of rotatable bonds is 8. The first-order chi connectivity index (χ1) is 9.69. The lowest BCUT2D eigenvalue weighted by Crippen LogP contribution is -2.22. The fraction of sp³-hybridized carbons (Fsp3) is 0.600. The summed E-state index contributed by atoms with van der Waals surface area (Å²) in [6.07, 6.45) is 0.401. The first-order valence-corrected chi connectivity index (χ1v) is 7.05. The Morgan fingerprint density at radius 2 is 2.10 bits per heavy atom. The Kier molecular flexibility index (Phi) is 6.11. The van der Waals surface area contributed by atoms with Crippen LogP contribution in [0.1, 0.15) is 39.7 Å². The number of aliphatic hydroxyl groups is 1. The van der Waals surface area contributed by atoms with E-state index in [9.17, 15) is 15.2 Å². The highest BCUT2D eigenvalue weighted by Crippen LogP contribution is 2.28. The van der Waals surface area contributed by atoms with E-state index in [0.29, 0.717) is 19.0 Å². The molecule has 0 heterocycles. The van der Waals surface area contributed by atoms with E-state index in [1.807, 2.05) is 13.8 Å². The van der Waals surface area contributed by atoms with Crippen molar-refractivity contribution in [2.24, 2.45) is 0 Å². The lowest BCUT2D eigenvalue weighted by molar-refractivity contribution is -0.385. The first-order valence-electron chi connectivity index (χ1n) is 7.05. The summed E-state index contributed by atoms with van der Waals surface area (Å²) in [4.78, 5) is 10.6. The molecule has 0 fully saturated rings. The van der Waals surface area contributed by atoms with Gasteiger partial charge in [0.25, 0.3) is 0 Å². The lowest BCUT2D eigenvalue weighted by Gasteiger charge is -2.17. The molecule has 1 rings (SSSR count). The smallest absolute Gasteiger partial charge is 0.310 e. The SMILES string of the molecule is CC(C)NCc1ccc([N+](=O)[O-])c(OCCC(C)(C)O)c1. The van der Waals surface area contributed by atoms with Gasteiger partial charge in [-0.15, -0.1) is 0 Å². The van der Waals surface area contributed by atoms with E-state index in [1.54, 1.807) is 26.0 Å². The van der Waals surface area contributed by atoms with Crippen molar-refractivity contribution < 1.29 is 14.8 Å². The molecule has 0 amide bonds. The van der Waals surface area contributed by atoms with Gasteiger partial charge in [0.15, 0.2) is 5.75 Å². The zero-order valence-electron chi connectivity index (χ0n) is 13.0. The molecule has 0 radical (unpaired) electrons. The number of nitrogens with one attached hydrogen (secondary N) is 1. The van der Waals surface area contributed by atoms with Gasteiger partial charge in [0.2, 0.25) is 0 Å². The Balaban J connectivity index is 2.81. The maximum absolute atomic E-state index is 11.0. The van der Waals surface area contributed by atoms with E-state index < -0.39 is 10.5 Å². The van der Waals surface area contributed by atoms with Crippen LogP contribution in [0.25, 0.3) is 0 Å². The highest BCUT2D eigenvalue weighted by molar-refractivity contribution is 5.48. The molecule has 0 bridgehead atoms. The molecule has 0 aliphatic heterocycles. The van der Waals surface area contributed by atoms with Gasteiger partial charge < -0.3 is 15.2 Å². The highest BCUT2D eigenvalue weighted by Gasteiger charge is 2.18. The van der Waals surface area contributed by atoms with Crippen LogP contribution in [0, 0.1) is 10.1 Å². The number of ether oxygens (including phenoxy) is 1. The first kappa shape index (κ1) is 17.4. The van der Waals surface area contributed by atoms with Gasteiger partial charge in [0.1, 0.15) is 0 Å². The van der Waals surface area contributed by atoms with Crippen molar-refractivity contribution >= 4 is 5.69 Å². The minimum atomic E-state index is -0.856. The van der Waals surface area contributed by atoms with E-state index in [1.165, 1.54) is 6.07 Å². The number of hydrogen-bond acceptors (Lipinski definition) is 5. The molecule has 0 atom stereocenters. The molecular weight excluding hydrogens is 272 g/mol. The molecule has 6 heteroatoms. The fourth-order valence-corrected chi connectivity index (χ4v) is 1.67. The third-order valence-corrected chi connectivity index (χ3v) is 2.91. The quantitative estimate of drug-likeness (QED) is 0.569. The molecule has 1 aromatic carbocycles. The standard InChI is InChI=1S/C15H24N2O4/c1-11(2)16-10-12-5-6-13(17(19)20)14(9-12)21-8-7-15(3,4)18/h5-6,9,11,16,18H,7-8,10H2,1-4H3. The summed E-state index contributed by atoms with van der Waals surface area (Å²) < 4.78 is 5.49. The van der Waals surface area contributed by atoms with Crippen molar-refractivity contribution in [3.63, 3.8) is 0 Å². The summed E-state index contributed by atoms with van der Waals surface area (Å²) >= 11 is 0. The second kappa shape index (κ2) is 7.38. The number of hydrogen-bond donors (Lipinski definition) is 2. The summed E-state index contributed by atoms with van der Waals surface area (Å²) in [7, 11) is 0. The molecule has 21 heavy (non-hydrogen) atoms. The van der Waals surface area contributed by atoms with Crippen molar-refractivity contribution in [3.8, 4) is 5.75 Å². The summed E-state index contributed by atoms with van der Waals surface area (Å²) in [5.74, 6) is 0.243. The van der Waals surface area contributed by atoms with Crippen LogP contribution in [0.2, 0.25) is 0 Å². The van der Waals surface area contributed by atoms with Gasteiger partial charge in [-0.1, -0.05) is 19.9 Å².